The Balaban J connectivity index is 3.59. The zero-order valence-electron chi connectivity index (χ0n) is 17.3. The predicted octanol–water partition coefficient (Wildman–Crippen LogP) is 6.09. The van der Waals surface area contributed by atoms with E-state index in [2.05, 4.69) is 0 Å². The van der Waals surface area contributed by atoms with Crippen molar-refractivity contribution in [2.45, 2.75) is 103 Å². The van der Waals surface area contributed by atoms with Crippen LogP contribution in [0.5, 0.6) is 0 Å². The van der Waals surface area contributed by atoms with Crippen LogP contribution in [0.15, 0.2) is 0 Å². The van der Waals surface area contributed by atoms with Gasteiger partial charge in [0.15, 0.2) is 11.3 Å². The van der Waals surface area contributed by atoms with Gasteiger partial charge in [0.25, 0.3) is 0 Å². The molecule has 0 spiro atoms. The lowest BCUT2D eigenvalue weighted by atomic mass is 9.87. The third-order valence-electron chi connectivity index (χ3n) is 3.60. The van der Waals surface area contributed by atoms with Gasteiger partial charge in [-0.25, -0.2) is 0 Å². The lowest BCUT2D eigenvalue weighted by Gasteiger charge is -2.53. The molecule has 1 saturated carbocycles. The number of hydrogen-bond donors (Lipinski definition) is 0. The molecule has 0 radical (unpaired) electrons. The van der Waals surface area contributed by atoms with E-state index in [1.807, 2.05) is 0 Å². The van der Waals surface area contributed by atoms with Crippen LogP contribution in [0, 0.1) is 0 Å². The molecule has 0 aromatic rings. The molecule has 0 heterocycles. The van der Waals surface area contributed by atoms with Crippen LogP contribution >= 0.6 is 15.2 Å². The summed E-state index contributed by atoms with van der Waals surface area (Å²) in [6.07, 6.45) is -3.48. The first-order chi connectivity index (χ1) is 12.4. The monoisotopic (exact) mass is 456 g/mol. The fraction of sp³-hybridized carbons (Fsp3) is 1.00. The molecule has 12 heteroatoms. The second-order valence-corrected chi connectivity index (χ2v) is 11.9. The van der Waals surface area contributed by atoms with Crippen molar-refractivity contribution in [1.29, 1.82) is 0 Å². The molecule has 6 nitrogen and oxygen atoms in total. The van der Waals surface area contributed by atoms with Crippen molar-refractivity contribution in [3.63, 3.8) is 0 Å². The Labute approximate surface area is 163 Å². The Bertz CT molecular complexity index is 557. The molecule has 0 saturated heterocycles. The van der Waals surface area contributed by atoms with E-state index in [-0.39, 0.29) is 0 Å². The SMILES string of the molecule is CC(C)OP(=O)(OC(C)C)C1C(P(=O)(OC(C)C)OC(C)C)C(F)(F)C1(F)F. The number of halogens is 4. The lowest BCUT2D eigenvalue weighted by molar-refractivity contribution is -0.274. The first-order valence-electron chi connectivity index (χ1n) is 9.09. The largest absolute Gasteiger partial charge is 0.341 e. The van der Waals surface area contributed by atoms with Gasteiger partial charge in [-0.05, 0) is 55.4 Å². The highest BCUT2D eigenvalue weighted by Gasteiger charge is 2.88. The molecule has 1 fully saturated rings. The summed E-state index contributed by atoms with van der Waals surface area (Å²) in [5, 5.41) is 0. The van der Waals surface area contributed by atoms with Crippen LogP contribution in [0.25, 0.3) is 0 Å². The van der Waals surface area contributed by atoms with Gasteiger partial charge in [0, 0.05) is 0 Å². The summed E-state index contributed by atoms with van der Waals surface area (Å²) in [4.78, 5) is 0. The van der Waals surface area contributed by atoms with E-state index < -0.39 is 62.8 Å². The second-order valence-electron chi connectivity index (χ2n) is 7.83. The lowest BCUT2D eigenvalue weighted by Crippen LogP contribution is -2.73. The van der Waals surface area contributed by atoms with Gasteiger partial charge in [-0.15, -0.1) is 0 Å². The van der Waals surface area contributed by atoms with Crippen LogP contribution in [-0.2, 0) is 27.2 Å². The summed E-state index contributed by atoms with van der Waals surface area (Å²) in [5.74, 6) is -9.57. The fourth-order valence-electron chi connectivity index (χ4n) is 2.93. The molecule has 1 aliphatic carbocycles. The Morgan fingerprint density at radius 3 is 0.893 bits per heavy atom. The molecule has 0 bridgehead atoms. The van der Waals surface area contributed by atoms with Crippen molar-refractivity contribution in [3.05, 3.63) is 0 Å². The molecular formula is C16H30F4O6P2. The Hall–Kier alpha value is 0.0200. The van der Waals surface area contributed by atoms with E-state index in [0.29, 0.717) is 0 Å². The highest BCUT2D eigenvalue weighted by Crippen LogP contribution is 2.79. The predicted molar refractivity (Wildman–Crippen MR) is 97.6 cm³/mol. The van der Waals surface area contributed by atoms with E-state index in [9.17, 15) is 26.7 Å². The standard InChI is InChI=1S/C16H30F4O6P2/c1-9(2)23-27(21,24-10(3)4)13-14(16(19,20)15(13,17)18)28(22,25-11(5)6)26-12(7)8/h9-14H,1-8H3. The van der Waals surface area contributed by atoms with Gasteiger partial charge < -0.3 is 18.1 Å². The van der Waals surface area contributed by atoms with Crippen LogP contribution in [0.2, 0.25) is 0 Å². The van der Waals surface area contributed by atoms with Crippen molar-refractivity contribution in [3.8, 4) is 0 Å². The molecule has 2 atom stereocenters. The maximum absolute atomic E-state index is 14.5. The third-order valence-corrected chi connectivity index (χ3v) is 9.30. The van der Waals surface area contributed by atoms with Crippen molar-refractivity contribution >= 4 is 15.2 Å². The van der Waals surface area contributed by atoms with Crippen molar-refractivity contribution in [1.82, 2.24) is 0 Å². The number of alkyl halides is 4. The van der Waals surface area contributed by atoms with E-state index in [1.165, 1.54) is 55.4 Å². The molecule has 1 aliphatic rings. The highest BCUT2D eigenvalue weighted by molar-refractivity contribution is 7.59. The number of rotatable bonds is 10. The first kappa shape index (κ1) is 26.1. The summed E-state index contributed by atoms with van der Waals surface area (Å²) in [7, 11) is -9.68. The van der Waals surface area contributed by atoms with E-state index in [4.69, 9.17) is 18.1 Å². The van der Waals surface area contributed by atoms with Gasteiger partial charge in [0.1, 0.15) is 0 Å². The molecule has 2 unspecified atom stereocenters. The van der Waals surface area contributed by atoms with Crippen LogP contribution in [0.1, 0.15) is 55.4 Å². The van der Waals surface area contributed by atoms with Crippen molar-refractivity contribution < 1.29 is 44.8 Å². The molecule has 1 rings (SSSR count). The number of hydrogen-bond acceptors (Lipinski definition) is 6. The van der Waals surface area contributed by atoms with Crippen LogP contribution in [0.3, 0.4) is 0 Å². The van der Waals surface area contributed by atoms with Gasteiger partial charge in [-0.1, -0.05) is 0 Å². The minimum atomic E-state index is -4.84. The zero-order valence-corrected chi connectivity index (χ0v) is 19.1. The summed E-state index contributed by atoms with van der Waals surface area (Å²) >= 11 is 0. The quantitative estimate of drug-likeness (QED) is 0.293. The molecule has 28 heavy (non-hydrogen) atoms. The van der Waals surface area contributed by atoms with Gasteiger partial charge >= 0.3 is 27.0 Å². The second kappa shape index (κ2) is 8.64. The van der Waals surface area contributed by atoms with E-state index in [1.54, 1.807) is 0 Å². The molecule has 0 amide bonds. The summed E-state index contributed by atoms with van der Waals surface area (Å²) in [6.45, 7) is 11.2. The molecule has 0 aromatic carbocycles. The van der Waals surface area contributed by atoms with Crippen LogP contribution in [-0.4, -0.2) is 47.6 Å². The summed E-state index contributed by atoms with van der Waals surface area (Å²) in [5.41, 5.74) is -5.36. The van der Waals surface area contributed by atoms with Gasteiger partial charge in [0.2, 0.25) is 0 Å². The average molecular weight is 456 g/mol. The minimum Gasteiger partial charge on any atom is -0.305 e. The van der Waals surface area contributed by atoms with Gasteiger partial charge in [-0.2, -0.15) is 17.6 Å². The fourth-order valence-corrected chi connectivity index (χ4v) is 9.08. The smallest absolute Gasteiger partial charge is 0.305 e. The first-order valence-corrected chi connectivity index (χ1v) is 12.3. The minimum absolute atomic E-state index is 0.869. The topological polar surface area (TPSA) is 71.1 Å². The van der Waals surface area contributed by atoms with E-state index >= 15 is 0 Å². The van der Waals surface area contributed by atoms with Crippen molar-refractivity contribution in [2.75, 3.05) is 0 Å². The van der Waals surface area contributed by atoms with Crippen LogP contribution < -0.4 is 0 Å². The molecule has 168 valence electrons. The maximum Gasteiger partial charge on any atom is 0.341 e. The average Bonchev–Trinajstić information content (AvgIpc) is 2.39. The maximum atomic E-state index is 14.5. The third kappa shape index (κ3) is 5.01. The molecule has 0 aliphatic heterocycles. The van der Waals surface area contributed by atoms with Crippen LogP contribution in [0.4, 0.5) is 17.6 Å². The Morgan fingerprint density at radius 1 is 0.571 bits per heavy atom. The molecule has 0 aromatic heterocycles. The molecular weight excluding hydrogens is 426 g/mol. The summed E-state index contributed by atoms with van der Waals surface area (Å²) in [6, 6.07) is 0. The Morgan fingerprint density at radius 2 is 0.750 bits per heavy atom. The molecule has 0 N–H and O–H groups in total. The van der Waals surface area contributed by atoms with E-state index in [0.717, 1.165) is 0 Å². The zero-order chi connectivity index (χ0) is 22.3. The van der Waals surface area contributed by atoms with Gasteiger partial charge in [0.05, 0.1) is 24.4 Å². The highest BCUT2D eigenvalue weighted by atomic mass is 31.2. The Kier molecular flexibility index (Phi) is 8.04. The van der Waals surface area contributed by atoms with Gasteiger partial charge in [-0.3, -0.25) is 9.13 Å². The normalized spacial score (nSPS) is 25.0. The summed E-state index contributed by atoms with van der Waals surface area (Å²) < 4.78 is 105. The van der Waals surface area contributed by atoms with Crippen molar-refractivity contribution in [2.24, 2.45) is 0 Å².